The number of aliphatic hydroxyl groups excluding tert-OH is 2. The lowest BCUT2D eigenvalue weighted by Crippen LogP contribution is -2.68. The number of benzene rings is 2. The molecule has 6 N–H and O–H groups in total. The summed E-state index contributed by atoms with van der Waals surface area (Å²) in [5, 5.41) is 66.3. The lowest BCUT2D eigenvalue weighted by atomic mass is 9.69. The highest BCUT2D eigenvalue weighted by Crippen LogP contribution is 2.54. The normalized spacial score (nSPS) is 36.6. The second-order valence-electron chi connectivity index (χ2n) is 12.1. The van der Waals surface area contributed by atoms with E-state index in [-0.39, 0.29) is 46.4 Å². The number of carbonyl (C=O) groups excluding carboxylic acids is 2. The Hall–Kier alpha value is -3.06. The van der Waals surface area contributed by atoms with Crippen molar-refractivity contribution >= 4 is 11.6 Å². The largest absolute Gasteiger partial charge is 0.507 e. The molecule has 0 spiro atoms. The van der Waals surface area contributed by atoms with Gasteiger partial charge in [0.25, 0.3) is 0 Å². The molecular formula is C28H31NO10. The molecule has 4 aliphatic rings. The van der Waals surface area contributed by atoms with Crippen LogP contribution in [-0.2, 0) is 22.4 Å². The van der Waals surface area contributed by atoms with Gasteiger partial charge in [-0.3, -0.25) is 9.59 Å². The van der Waals surface area contributed by atoms with Crippen LogP contribution in [0.25, 0.3) is 0 Å². The summed E-state index contributed by atoms with van der Waals surface area (Å²) < 4.78 is 11.9. The Kier molecular flexibility index (Phi) is 5.22. The van der Waals surface area contributed by atoms with Crippen molar-refractivity contribution in [2.75, 3.05) is 14.1 Å². The van der Waals surface area contributed by atoms with Crippen molar-refractivity contribution < 1.29 is 49.7 Å². The molecule has 2 aromatic carbocycles. The molecular weight excluding hydrogens is 510 g/mol. The Morgan fingerprint density at radius 1 is 0.974 bits per heavy atom. The maximum absolute atomic E-state index is 14.0. The standard InChI is InChI=1S/C28H31NO10/c1-26(36)8-10-6-11-14(21(33)17(10)27(2,37)9-26)20(32)15-13(30)7-12-23(16(15)19(11)31)38-25-22(34)18(29(4)5)24(35)28(12,3)39-25/h6-7,18,22,24-25,30,33-37H,8-9H2,1-5H3. The number of fused-ring (bicyclic) bond motifs is 8. The van der Waals surface area contributed by atoms with Crippen molar-refractivity contribution in [3.05, 3.63) is 51.1 Å². The van der Waals surface area contributed by atoms with Gasteiger partial charge in [-0.2, -0.15) is 0 Å². The van der Waals surface area contributed by atoms with Gasteiger partial charge in [-0.25, -0.2) is 0 Å². The first-order valence-electron chi connectivity index (χ1n) is 12.7. The second-order valence-corrected chi connectivity index (χ2v) is 12.1. The molecule has 2 aromatic rings. The topological polar surface area (TPSA) is 177 Å². The Morgan fingerprint density at radius 3 is 2.28 bits per heavy atom. The maximum atomic E-state index is 14.0. The zero-order chi connectivity index (χ0) is 28.6. The van der Waals surface area contributed by atoms with Crippen molar-refractivity contribution in [3.8, 4) is 17.2 Å². The van der Waals surface area contributed by atoms with E-state index < -0.39 is 70.0 Å². The molecule has 2 heterocycles. The molecule has 0 amide bonds. The van der Waals surface area contributed by atoms with Gasteiger partial charge in [0, 0.05) is 29.5 Å². The molecule has 39 heavy (non-hydrogen) atoms. The fraction of sp³-hybridized carbons (Fsp3) is 0.500. The second kappa shape index (κ2) is 7.78. The summed E-state index contributed by atoms with van der Waals surface area (Å²) >= 11 is 0. The zero-order valence-electron chi connectivity index (χ0n) is 22.1. The number of ether oxygens (including phenoxy) is 2. The third-order valence-electron chi connectivity index (χ3n) is 8.64. The first kappa shape index (κ1) is 26.2. The van der Waals surface area contributed by atoms with Gasteiger partial charge in [-0.05, 0) is 52.6 Å². The molecule has 0 aromatic heterocycles. The minimum absolute atomic E-state index is 0.0145. The summed E-state index contributed by atoms with van der Waals surface area (Å²) in [7, 11) is 3.35. The molecule has 11 nitrogen and oxygen atoms in total. The SMILES string of the molecule is CN(C)C1C(O)C2Oc3c(cc(O)c4c3C(=O)c3cc5c(c(O)c3C4=O)C(C)(O)CC(C)(O)C5)C(C)(O2)C1O. The average Bonchev–Trinajstić information content (AvgIpc) is 2.79. The predicted molar refractivity (Wildman–Crippen MR) is 134 cm³/mol. The third kappa shape index (κ3) is 3.32. The minimum Gasteiger partial charge on any atom is -0.507 e. The minimum atomic E-state index is -1.69. The number of hydrogen-bond donors (Lipinski definition) is 6. The molecule has 208 valence electrons. The van der Waals surface area contributed by atoms with E-state index in [1.165, 1.54) is 26.0 Å². The Balaban J connectivity index is 1.59. The lowest BCUT2D eigenvalue weighted by molar-refractivity contribution is -0.311. The Labute approximate surface area is 223 Å². The van der Waals surface area contributed by atoms with Crippen molar-refractivity contribution in [2.45, 2.75) is 75.0 Å². The van der Waals surface area contributed by atoms with Crippen LogP contribution in [0.2, 0.25) is 0 Å². The highest BCUT2D eigenvalue weighted by molar-refractivity contribution is 6.31. The lowest BCUT2D eigenvalue weighted by Gasteiger charge is -2.53. The Bertz CT molecular complexity index is 1480. The molecule has 7 unspecified atom stereocenters. The van der Waals surface area contributed by atoms with Crippen LogP contribution in [0.1, 0.15) is 75.7 Å². The van der Waals surface area contributed by atoms with E-state index in [1.807, 2.05) is 0 Å². The fourth-order valence-electron chi connectivity index (χ4n) is 7.10. The van der Waals surface area contributed by atoms with E-state index in [9.17, 15) is 40.2 Å². The molecule has 2 aliphatic carbocycles. The zero-order valence-corrected chi connectivity index (χ0v) is 22.1. The first-order chi connectivity index (χ1) is 18.0. The number of hydrogen-bond acceptors (Lipinski definition) is 11. The molecule has 11 heteroatoms. The number of rotatable bonds is 1. The number of nitrogens with zero attached hydrogens (tertiary/aromatic N) is 1. The van der Waals surface area contributed by atoms with E-state index >= 15 is 0 Å². The number of aliphatic hydroxyl groups is 4. The first-order valence-corrected chi connectivity index (χ1v) is 12.7. The van der Waals surface area contributed by atoms with Crippen LogP contribution in [0.3, 0.4) is 0 Å². The van der Waals surface area contributed by atoms with Gasteiger partial charge in [0.2, 0.25) is 12.1 Å². The number of carbonyl (C=O) groups is 2. The smallest absolute Gasteiger partial charge is 0.228 e. The molecule has 2 aliphatic heterocycles. The highest BCUT2D eigenvalue weighted by atomic mass is 16.7. The van der Waals surface area contributed by atoms with Gasteiger partial charge in [0.1, 0.15) is 35.1 Å². The van der Waals surface area contributed by atoms with Gasteiger partial charge >= 0.3 is 0 Å². The number of phenolic OH excluding ortho intramolecular Hbond substituents is 2. The van der Waals surface area contributed by atoms with Crippen molar-refractivity contribution in [1.82, 2.24) is 4.90 Å². The summed E-state index contributed by atoms with van der Waals surface area (Å²) in [6, 6.07) is 1.76. The van der Waals surface area contributed by atoms with Crippen LogP contribution >= 0.6 is 0 Å². The molecule has 0 saturated carbocycles. The maximum Gasteiger partial charge on any atom is 0.228 e. The van der Waals surface area contributed by atoms with Crippen LogP contribution < -0.4 is 4.74 Å². The van der Waals surface area contributed by atoms with Gasteiger partial charge < -0.3 is 45.0 Å². The number of likely N-dealkylation sites (N-methyl/N-ethyl adjacent to an activating group) is 1. The summed E-state index contributed by atoms with van der Waals surface area (Å²) in [5.41, 5.74) is -5.30. The van der Waals surface area contributed by atoms with E-state index in [0.717, 1.165) is 0 Å². The van der Waals surface area contributed by atoms with Gasteiger partial charge in [0.15, 0.2) is 5.78 Å². The van der Waals surface area contributed by atoms with Gasteiger partial charge in [-0.1, -0.05) is 0 Å². The van der Waals surface area contributed by atoms with Crippen molar-refractivity contribution in [1.29, 1.82) is 0 Å². The molecule has 7 atom stereocenters. The van der Waals surface area contributed by atoms with Crippen LogP contribution in [0, 0.1) is 0 Å². The number of phenols is 2. The molecule has 1 saturated heterocycles. The summed E-state index contributed by atoms with van der Waals surface area (Å²) in [6.07, 6.45) is -4.01. The number of aromatic hydroxyl groups is 2. The molecule has 2 bridgehead atoms. The van der Waals surface area contributed by atoms with Crippen LogP contribution in [-0.4, -0.2) is 91.3 Å². The van der Waals surface area contributed by atoms with Gasteiger partial charge in [0.05, 0.1) is 33.9 Å². The van der Waals surface area contributed by atoms with Crippen molar-refractivity contribution in [2.24, 2.45) is 0 Å². The molecule has 0 radical (unpaired) electrons. The van der Waals surface area contributed by atoms with E-state index in [1.54, 1.807) is 25.9 Å². The third-order valence-corrected chi connectivity index (χ3v) is 8.64. The van der Waals surface area contributed by atoms with Gasteiger partial charge in [-0.15, -0.1) is 0 Å². The summed E-state index contributed by atoms with van der Waals surface area (Å²) in [5.74, 6) is -2.88. The van der Waals surface area contributed by atoms with Crippen LogP contribution in [0.5, 0.6) is 17.2 Å². The van der Waals surface area contributed by atoms with Crippen LogP contribution in [0.15, 0.2) is 12.1 Å². The van der Waals surface area contributed by atoms with E-state index in [0.29, 0.717) is 5.56 Å². The number of ketones is 2. The Morgan fingerprint density at radius 2 is 1.64 bits per heavy atom. The summed E-state index contributed by atoms with van der Waals surface area (Å²) in [6.45, 7) is 4.49. The molecule has 6 rings (SSSR count). The van der Waals surface area contributed by atoms with E-state index in [2.05, 4.69) is 0 Å². The fourth-order valence-corrected chi connectivity index (χ4v) is 7.10. The molecule has 1 fully saturated rings. The predicted octanol–water partition coefficient (Wildman–Crippen LogP) is 0.394. The van der Waals surface area contributed by atoms with E-state index in [4.69, 9.17) is 9.47 Å². The van der Waals surface area contributed by atoms with Crippen LogP contribution in [0.4, 0.5) is 0 Å². The monoisotopic (exact) mass is 541 g/mol. The quantitative estimate of drug-likeness (QED) is 0.251. The highest BCUT2D eigenvalue weighted by Gasteiger charge is 2.59. The summed E-state index contributed by atoms with van der Waals surface area (Å²) in [4.78, 5) is 29.5. The average molecular weight is 542 g/mol. The van der Waals surface area contributed by atoms with Crippen molar-refractivity contribution in [3.63, 3.8) is 0 Å².